The fourth-order valence-electron chi connectivity index (χ4n) is 1.78. The predicted molar refractivity (Wildman–Crippen MR) is 68.4 cm³/mol. The molecule has 1 saturated heterocycles. The zero-order valence-electron chi connectivity index (χ0n) is 9.73. The maximum atomic E-state index is 5.44. The molecule has 0 saturated carbocycles. The second kappa shape index (κ2) is 5.01. The number of hydrogen-bond donors (Lipinski definition) is 2. The second-order valence-electron chi connectivity index (χ2n) is 4.34. The highest BCUT2D eigenvalue weighted by Crippen LogP contribution is 2.38. The van der Waals surface area contributed by atoms with Crippen LogP contribution in [0.4, 0.5) is 5.82 Å². The molecule has 0 bridgehead atoms. The minimum atomic E-state index is 0.403. The summed E-state index contributed by atoms with van der Waals surface area (Å²) in [6.07, 6.45) is 2.44. The van der Waals surface area contributed by atoms with Crippen molar-refractivity contribution in [3.05, 3.63) is 17.6 Å². The van der Waals surface area contributed by atoms with Gasteiger partial charge >= 0.3 is 0 Å². The molecular formula is C11H18N4S. The van der Waals surface area contributed by atoms with E-state index in [1.54, 1.807) is 0 Å². The molecule has 5 heteroatoms. The molecule has 1 atom stereocenters. The summed E-state index contributed by atoms with van der Waals surface area (Å²) in [5, 5.41) is 0.450. The van der Waals surface area contributed by atoms with E-state index in [4.69, 9.17) is 5.84 Å². The van der Waals surface area contributed by atoms with Crippen LogP contribution in [0.5, 0.6) is 0 Å². The molecule has 4 nitrogen and oxygen atoms in total. The third kappa shape index (κ3) is 2.47. The normalized spacial score (nSPS) is 20.4. The summed E-state index contributed by atoms with van der Waals surface area (Å²) in [5.74, 6) is 8.71. The summed E-state index contributed by atoms with van der Waals surface area (Å²) < 4.78 is 0. The molecule has 1 unspecified atom stereocenters. The summed E-state index contributed by atoms with van der Waals surface area (Å²) in [7, 11) is 0. The van der Waals surface area contributed by atoms with Crippen LogP contribution < -0.4 is 11.3 Å². The van der Waals surface area contributed by atoms with Crippen LogP contribution in [0.15, 0.2) is 6.07 Å². The first-order chi connectivity index (χ1) is 7.70. The number of hydrogen-bond acceptors (Lipinski definition) is 5. The van der Waals surface area contributed by atoms with Crippen LogP contribution >= 0.6 is 11.8 Å². The summed E-state index contributed by atoms with van der Waals surface area (Å²) >= 11 is 1.94. The fourth-order valence-corrected chi connectivity index (χ4v) is 2.99. The Morgan fingerprint density at radius 2 is 2.31 bits per heavy atom. The molecule has 0 aliphatic carbocycles. The number of nitrogens with one attached hydrogen (secondary N) is 1. The third-order valence-electron chi connectivity index (χ3n) is 2.72. The molecule has 1 aliphatic rings. The van der Waals surface area contributed by atoms with Gasteiger partial charge in [-0.2, -0.15) is 11.8 Å². The molecule has 1 aliphatic heterocycles. The molecule has 1 aromatic rings. The summed E-state index contributed by atoms with van der Waals surface area (Å²) in [5.41, 5.74) is 3.69. The van der Waals surface area contributed by atoms with E-state index in [1.807, 2.05) is 17.8 Å². The van der Waals surface area contributed by atoms with E-state index in [2.05, 4.69) is 29.2 Å². The highest BCUT2D eigenvalue weighted by atomic mass is 32.2. The Labute approximate surface area is 100 Å². The van der Waals surface area contributed by atoms with Gasteiger partial charge in [-0.3, -0.25) is 0 Å². The second-order valence-corrected chi connectivity index (χ2v) is 5.65. The van der Waals surface area contributed by atoms with E-state index in [-0.39, 0.29) is 0 Å². The number of thioether (sulfide) groups is 1. The lowest BCUT2D eigenvalue weighted by Gasteiger charge is -2.13. The Kier molecular flexibility index (Phi) is 3.66. The quantitative estimate of drug-likeness (QED) is 0.625. The topological polar surface area (TPSA) is 63.8 Å². The van der Waals surface area contributed by atoms with Gasteiger partial charge < -0.3 is 5.43 Å². The summed E-state index contributed by atoms with van der Waals surface area (Å²) in [6.45, 7) is 4.27. The van der Waals surface area contributed by atoms with Gasteiger partial charge in [-0.25, -0.2) is 15.8 Å². The molecule has 16 heavy (non-hydrogen) atoms. The lowest BCUT2D eigenvalue weighted by molar-refractivity contribution is 0.741. The van der Waals surface area contributed by atoms with Crippen molar-refractivity contribution in [2.24, 2.45) is 5.84 Å². The molecule has 2 rings (SSSR count). The number of nitrogens with zero attached hydrogens (tertiary/aromatic N) is 2. The van der Waals surface area contributed by atoms with E-state index in [9.17, 15) is 0 Å². The maximum absolute atomic E-state index is 5.44. The Morgan fingerprint density at radius 1 is 1.50 bits per heavy atom. The van der Waals surface area contributed by atoms with Crippen molar-refractivity contribution in [2.45, 2.75) is 37.9 Å². The van der Waals surface area contributed by atoms with Gasteiger partial charge in [0.1, 0.15) is 11.6 Å². The van der Waals surface area contributed by atoms with Gasteiger partial charge in [-0.1, -0.05) is 13.8 Å². The molecule has 3 N–H and O–H groups in total. The Balaban J connectivity index is 2.32. The van der Waals surface area contributed by atoms with Crippen LogP contribution in [-0.2, 0) is 0 Å². The van der Waals surface area contributed by atoms with Crippen LogP contribution in [0.1, 0.15) is 49.4 Å². The highest BCUT2D eigenvalue weighted by molar-refractivity contribution is 7.99. The summed E-state index contributed by atoms with van der Waals surface area (Å²) in [6, 6.07) is 1.92. The average Bonchev–Trinajstić information content (AvgIpc) is 2.81. The molecule has 0 aromatic carbocycles. The standard InChI is InChI=1S/C11H18N4S/c1-7(2)8-6-10(15-12)14-11(13-8)9-4-3-5-16-9/h6-7,9H,3-5,12H2,1-2H3,(H,13,14,15). The predicted octanol–water partition coefficient (Wildman–Crippen LogP) is 2.45. The molecule has 0 radical (unpaired) electrons. The first-order valence-corrected chi connectivity index (χ1v) is 6.72. The number of hydrazine groups is 1. The van der Waals surface area contributed by atoms with Crippen molar-refractivity contribution in [1.29, 1.82) is 0 Å². The van der Waals surface area contributed by atoms with Gasteiger partial charge in [0.25, 0.3) is 0 Å². The fraction of sp³-hybridized carbons (Fsp3) is 0.636. The lowest BCUT2D eigenvalue weighted by atomic mass is 10.1. The Bertz CT molecular complexity index is 361. The van der Waals surface area contributed by atoms with Crippen molar-refractivity contribution in [2.75, 3.05) is 11.2 Å². The number of anilines is 1. The van der Waals surface area contributed by atoms with Gasteiger partial charge in [0.05, 0.1) is 5.25 Å². The van der Waals surface area contributed by atoms with E-state index in [0.29, 0.717) is 11.2 Å². The van der Waals surface area contributed by atoms with Gasteiger partial charge in [-0.15, -0.1) is 0 Å². The monoisotopic (exact) mass is 238 g/mol. The van der Waals surface area contributed by atoms with Crippen LogP contribution in [0.3, 0.4) is 0 Å². The van der Waals surface area contributed by atoms with E-state index < -0.39 is 0 Å². The minimum absolute atomic E-state index is 0.403. The number of rotatable bonds is 3. The average molecular weight is 238 g/mol. The Morgan fingerprint density at radius 3 is 2.88 bits per heavy atom. The van der Waals surface area contributed by atoms with E-state index in [0.717, 1.165) is 17.3 Å². The van der Waals surface area contributed by atoms with E-state index in [1.165, 1.54) is 18.6 Å². The Hall–Kier alpha value is -0.810. The van der Waals surface area contributed by atoms with Gasteiger partial charge in [0.2, 0.25) is 0 Å². The SMILES string of the molecule is CC(C)c1cc(NN)nc(C2CCCS2)n1. The zero-order chi connectivity index (χ0) is 11.5. The maximum Gasteiger partial charge on any atom is 0.144 e. The lowest BCUT2D eigenvalue weighted by Crippen LogP contribution is -2.12. The van der Waals surface area contributed by atoms with Crippen molar-refractivity contribution < 1.29 is 0 Å². The third-order valence-corrected chi connectivity index (χ3v) is 4.09. The number of aromatic nitrogens is 2. The van der Waals surface area contributed by atoms with Crippen LogP contribution in [-0.4, -0.2) is 15.7 Å². The van der Waals surface area contributed by atoms with Crippen molar-refractivity contribution in [1.82, 2.24) is 9.97 Å². The molecule has 88 valence electrons. The minimum Gasteiger partial charge on any atom is -0.308 e. The van der Waals surface area contributed by atoms with Crippen molar-refractivity contribution >= 4 is 17.6 Å². The largest absolute Gasteiger partial charge is 0.308 e. The molecule has 1 fully saturated rings. The van der Waals surface area contributed by atoms with Crippen molar-refractivity contribution in [3.8, 4) is 0 Å². The highest BCUT2D eigenvalue weighted by Gasteiger charge is 2.21. The molecular weight excluding hydrogens is 220 g/mol. The summed E-state index contributed by atoms with van der Waals surface area (Å²) in [4.78, 5) is 9.08. The van der Waals surface area contributed by atoms with E-state index >= 15 is 0 Å². The first kappa shape index (κ1) is 11.7. The molecule has 1 aromatic heterocycles. The van der Waals surface area contributed by atoms with Crippen LogP contribution in [0.25, 0.3) is 0 Å². The number of nitrogens with two attached hydrogens (primary N) is 1. The zero-order valence-corrected chi connectivity index (χ0v) is 10.5. The van der Waals surface area contributed by atoms with Gasteiger partial charge in [0, 0.05) is 11.8 Å². The first-order valence-electron chi connectivity index (χ1n) is 5.68. The van der Waals surface area contributed by atoms with Gasteiger partial charge in [0.15, 0.2) is 0 Å². The van der Waals surface area contributed by atoms with Crippen LogP contribution in [0.2, 0.25) is 0 Å². The molecule has 0 amide bonds. The molecule has 0 spiro atoms. The van der Waals surface area contributed by atoms with Gasteiger partial charge in [-0.05, 0) is 24.5 Å². The van der Waals surface area contributed by atoms with Crippen LogP contribution in [0, 0.1) is 0 Å². The number of nitrogen functional groups attached to an aromatic ring is 1. The smallest absolute Gasteiger partial charge is 0.144 e. The molecule has 2 heterocycles. The van der Waals surface area contributed by atoms with Crippen molar-refractivity contribution in [3.63, 3.8) is 0 Å².